The van der Waals surface area contributed by atoms with Crippen LogP contribution in [0.1, 0.15) is 36.9 Å². The number of carbonyl (C=O) groups is 1. The Morgan fingerprint density at radius 1 is 1.24 bits per heavy atom. The number of nitrogens with one attached hydrogen (secondary N) is 1. The van der Waals surface area contributed by atoms with E-state index in [-0.39, 0.29) is 11.9 Å². The molecule has 3 rings (SSSR count). The Hall–Kier alpha value is -2.82. The zero-order valence-electron chi connectivity index (χ0n) is 14.4. The van der Waals surface area contributed by atoms with Gasteiger partial charge in [0.05, 0.1) is 18.9 Å². The summed E-state index contributed by atoms with van der Waals surface area (Å²) in [4.78, 5) is 18.0. The molecule has 1 aliphatic rings. The van der Waals surface area contributed by atoms with Crippen LogP contribution in [-0.2, 0) is 9.63 Å². The molecule has 1 heterocycles. The molecule has 2 aromatic carbocycles. The van der Waals surface area contributed by atoms with Crippen molar-refractivity contribution in [1.82, 2.24) is 5.32 Å². The predicted octanol–water partition coefficient (Wildman–Crippen LogP) is 3.46. The van der Waals surface area contributed by atoms with Crippen LogP contribution in [0.4, 0.5) is 0 Å². The highest BCUT2D eigenvalue weighted by atomic mass is 16.6. The van der Waals surface area contributed by atoms with Gasteiger partial charge in [0.1, 0.15) is 5.75 Å². The van der Waals surface area contributed by atoms with Gasteiger partial charge in [-0.2, -0.15) is 0 Å². The molecule has 0 saturated carbocycles. The van der Waals surface area contributed by atoms with Gasteiger partial charge in [0.25, 0.3) is 5.91 Å². The first-order chi connectivity index (χ1) is 12.2. The number of hydrogen-bond donors (Lipinski definition) is 1. The van der Waals surface area contributed by atoms with E-state index < -0.39 is 6.10 Å². The monoisotopic (exact) mass is 338 g/mol. The smallest absolute Gasteiger partial charge is 0.264 e. The summed E-state index contributed by atoms with van der Waals surface area (Å²) in [6.07, 6.45) is 0.623. The molecule has 0 aromatic heterocycles. The molecule has 5 nitrogen and oxygen atoms in total. The molecule has 0 fully saturated rings. The van der Waals surface area contributed by atoms with Crippen LogP contribution in [-0.4, -0.2) is 24.8 Å². The van der Waals surface area contributed by atoms with Gasteiger partial charge in [0, 0.05) is 12.0 Å². The number of nitrogens with zero attached hydrogens (tertiary/aromatic N) is 1. The van der Waals surface area contributed by atoms with E-state index in [0.717, 1.165) is 29.0 Å². The summed E-state index contributed by atoms with van der Waals surface area (Å²) >= 11 is 0. The van der Waals surface area contributed by atoms with Crippen LogP contribution < -0.4 is 10.1 Å². The van der Waals surface area contributed by atoms with Gasteiger partial charge in [-0.05, 0) is 24.1 Å². The Morgan fingerprint density at radius 3 is 2.68 bits per heavy atom. The number of benzene rings is 2. The van der Waals surface area contributed by atoms with Gasteiger partial charge in [0.2, 0.25) is 6.10 Å². The Morgan fingerprint density at radius 2 is 1.96 bits per heavy atom. The van der Waals surface area contributed by atoms with Crippen molar-refractivity contribution in [2.24, 2.45) is 5.16 Å². The minimum atomic E-state index is -0.613. The van der Waals surface area contributed by atoms with Crippen LogP contribution in [0.2, 0.25) is 0 Å². The molecule has 0 unspecified atom stereocenters. The third kappa shape index (κ3) is 3.82. The normalized spacial score (nSPS) is 17.4. The van der Waals surface area contributed by atoms with Gasteiger partial charge in [-0.15, -0.1) is 0 Å². The Bertz CT molecular complexity index is 759. The van der Waals surface area contributed by atoms with Crippen molar-refractivity contribution in [3.63, 3.8) is 0 Å². The lowest BCUT2D eigenvalue weighted by molar-refractivity contribution is -0.132. The Balaban J connectivity index is 1.65. The minimum Gasteiger partial charge on any atom is -0.496 e. The van der Waals surface area contributed by atoms with Gasteiger partial charge >= 0.3 is 0 Å². The lowest BCUT2D eigenvalue weighted by Crippen LogP contribution is -2.37. The molecule has 25 heavy (non-hydrogen) atoms. The van der Waals surface area contributed by atoms with Crippen molar-refractivity contribution in [2.75, 3.05) is 7.11 Å². The highest BCUT2D eigenvalue weighted by Crippen LogP contribution is 2.25. The van der Waals surface area contributed by atoms with Crippen molar-refractivity contribution in [1.29, 1.82) is 0 Å². The second-order valence-electron chi connectivity index (χ2n) is 5.92. The molecule has 0 radical (unpaired) electrons. The van der Waals surface area contributed by atoms with Crippen molar-refractivity contribution in [3.05, 3.63) is 65.7 Å². The average molecular weight is 338 g/mol. The van der Waals surface area contributed by atoms with Crippen LogP contribution in [0.5, 0.6) is 5.75 Å². The SMILES string of the molecule is CC[C@@H](NC(=O)[C@H]1CC(c2ccccc2OC)=NO1)c1ccccc1. The maximum Gasteiger partial charge on any atom is 0.264 e. The molecule has 2 aromatic rings. The van der Waals surface area contributed by atoms with Gasteiger partial charge in [-0.1, -0.05) is 54.5 Å². The zero-order chi connectivity index (χ0) is 17.6. The standard InChI is InChI=1S/C20H22N2O3/c1-3-16(14-9-5-4-6-10-14)21-20(23)19-13-17(22-25-19)15-11-7-8-12-18(15)24-2/h4-12,16,19H,3,13H2,1-2H3,(H,21,23)/t16-,19-/m1/s1. The quantitative estimate of drug-likeness (QED) is 0.877. The number of hydrogen-bond acceptors (Lipinski definition) is 4. The lowest BCUT2D eigenvalue weighted by Gasteiger charge is -2.19. The van der Waals surface area contributed by atoms with Crippen LogP contribution >= 0.6 is 0 Å². The summed E-state index contributed by atoms with van der Waals surface area (Å²) < 4.78 is 5.36. The van der Waals surface area contributed by atoms with Crippen LogP contribution in [0, 0.1) is 0 Å². The first kappa shape index (κ1) is 17.0. The number of oxime groups is 1. The molecule has 5 heteroatoms. The minimum absolute atomic E-state index is 0.0346. The number of rotatable bonds is 6. The van der Waals surface area contributed by atoms with Crippen molar-refractivity contribution in [2.45, 2.75) is 31.9 Å². The second-order valence-corrected chi connectivity index (χ2v) is 5.92. The summed E-state index contributed by atoms with van der Waals surface area (Å²) in [6.45, 7) is 2.05. The summed E-state index contributed by atoms with van der Waals surface area (Å²) in [5.41, 5.74) is 2.67. The van der Waals surface area contributed by atoms with Crippen molar-refractivity contribution in [3.8, 4) is 5.75 Å². The summed E-state index contributed by atoms with van der Waals surface area (Å²) in [6, 6.07) is 17.5. The largest absolute Gasteiger partial charge is 0.496 e. The van der Waals surface area contributed by atoms with E-state index >= 15 is 0 Å². The highest BCUT2D eigenvalue weighted by molar-refractivity contribution is 6.05. The first-order valence-corrected chi connectivity index (χ1v) is 8.44. The van der Waals surface area contributed by atoms with Gasteiger partial charge in [0.15, 0.2) is 0 Å². The maximum atomic E-state index is 12.6. The Labute approximate surface area is 147 Å². The zero-order valence-corrected chi connectivity index (χ0v) is 14.4. The molecule has 2 atom stereocenters. The number of amides is 1. The van der Waals surface area contributed by atoms with Crippen LogP contribution in [0.3, 0.4) is 0 Å². The molecule has 0 bridgehead atoms. The van der Waals surface area contributed by atoms with E-state index in [9.17, 15) is 4.79 Å². The lowest BCUT2D eigenvalue weighted by atomic mass is 10.0. The van der Waals surface area contributed by atoms with Gasteiger partial charge in [-0.3, -0.25) is 4.79 Å². The second kappa shape index (κ2) is 7.83. The Kier molecular flexibility index (Phi) is 5.33. The third-order valence-electron chi connectivity index (χ3n) is 4.31. The summed E-state index contributed by atoms with van der Waals surface area (Å²) in [7, 11) is 1.62. The van der Waals surface area contributed by atoms with E-state index in [1.165, 1.54) is 0 Å². The van der Waals surface area contributed by atoms with Gasteiger partial charge in [-0.25, -0.2) is 0 Å². The molecule has 1 aliphatic heterocycles. The number of carbonyl (C=O) groups excluding carboxylic acids is 1. The van der Waals surface area contributed by atoms with E-state index in [4.69, 9.17) is 9.57 Å². The van der Waals surface area contributed by atoms with Crippen molar-refractivity contribution < 1.29 is 14.4 Å². The average Bonchev–Trinajstić information content (AvgIpc) is 3.16. The molecule has 1 amide bonds. The van der Waals surface area contributed by atoms with Crippen molar-refractivity contribution >= 4 is 11.6 Å². The molecular weight excluding hydrogens is 316 g/mol. The molecule has 0 spiro atoms. The fourth-order valence-electron chi connectivity index (χ4n) is 2.93. The fourth-order valence-corrected chi connectivity index (χ4v) is 2.93. The van der Waals surface area contributed by atoms with E-state index in [0.29, 0.717) is 6.42 Å². The molecule has 0 saturated heterocycles. The van der Waals surface area contributed by atoms with Crippen LogP contribution in [0.25, 0.3) is 0 Å². The molecular formula is C20H22N2O3. The van der Waals surface area contributed by atoms with E-state index in [2.05, 4.69) is 10.5 Å². The number of methoxy groups -OCH3 is 1. The predicted molar refractivity (Wildman–Crippen MR) is 96.6 cm³/mol. The number of para-hydroxylation sites is 1. The summed E-state index contributed by atoms with van der Waals surface area (Å²) in [5.74, 6) is 0.575. The topological polar surface area (TPSA) is 59.9 Å². The molecule has 1 N–H and O–H groups in total. The fraction of sp³-hybridized carbons (Fsp3) is 0.300. The van der Waals surface area contributed by atoms with E-state index in [1.54, 1.807) is 7.11 Å². The molecule has 0 aliphatic carbocycles. The highest BCUT2D eigenvalue weighted by Gasteiger charge is 2.31. The maximum absolute atomic E-state index is 12.6. The first-order valence-electron chi connectivity index (χ1n) is 8.44. The summed E-state index contributed by atoms with van der Waals surface area (Å²) in [5, 5.41) is 7.16. The number of ether oxygens (including phenoxy) is 1. The third-order valence-corrected chi connectivity index (χ3v) is 4.31. The molecule has 130 valence electrons. The van der Waals surface area contributed by atoms with Crippen LogP contribution in [0.15, 0.2) is 59.8 Å². The van der Waals surface area contributed by atoms with Gasteiger partial charge < -0.3 is 14.9 Å². The van der Waals surface area contributed by atoms with E-state index in [1.807, 2.05) is 61.5 Å².